The van der Waals surface area contributed by atoms with Gasteiger partial charge in [0.15, 0.2) is 0 Å². The van der Waals surface area contributed by atoms with Gasteiger partial charge in [0.05, 0.1) is 21.7 Å². The monoisotopic (exact) mass is 449 g/mol. The van der Waals surface area contributed by atoms with Crippen molar-refractivity contribution in [3.05, 3.63) is 83.4 Å². The molecule has 0 aliphatic carbocycles. The topological polar surface area (TPSA) is 83.5 Å². The lowest BCUT2D eigenvalue weighted by molar-refractivity contribution is -0.137. The lowest BCUT2D eigenvalue weighted by Gasteiger charge is -2.17. The number of anilines is 1. The summed E-state index contributed by atoms with van der Waals surface area (Å²) in [4.78, 5) is 11.0. The van der Waals surface area contributed by atoms with Gasteiger partial charge in [-0.3, -0.25) is 4.72 Å². The first-order valence-electron chi connectivity index (χ1n) is 9.18. The average Bonchev–Trinajstić information content (AvgIpc) is 2.73. The summed E-state index contributed by atoms with van der Waals surface area (Å²) in [5.41, 5.74) is -0.409. The van der Waals surface area contributed by atoms with E-state index in [0.29, 0.717) is 11.1 Å². The van der Waals surface area contributed by atoms with Crippen molar-refractivity contribution < 1.29 is 31.5 Å². The number of nitrogens with one attached hydrogen (secondary N) is 1. The van der Waals surface area contributed by atoms with Crippen LogP contribution in [0.15, 0.2) is 71.6 Å². The maximum absolute atomic E-state index is 13.3. The van der Waals surface area contributed by atoms with Crippen molar-refractivity contribution in [1.82, 2.24) is 0 Å². The minimum atomic E-state index is -4.67. The third kappa shape index (κ3) is 4.88. The molecule has 31 heavy (non-hydrogen) atoms. The van der Waals surface area contributed by atoms with E-state index < -0.39 is 27.7 Å². The van der Waals surface area contributed by atoms with Gasteiger partial charge in [0.2, 0.25) is 0 Å². The highest BCUT2D eigenvalue weighted by Crippen LogP contribution is 2.37. The van der Waals surface area contributed by atoms with Gasteiger partial charge in [0, 0.05) is 5.56 Å². The normalized spacial score (nSPS) is 11.9. The lowest BCUT2D eigenvalue weighted by Crippen LogP contribution is -2.17. The van der Waals surface area contributed by atoms with E-state index in [0.717, 1.165) is 18.2 Å². The standard InChI is InChI=1S/C22H18F3NO4S/c1-2-14-8-9-16(21(27)28)12-20(14)31(29,30)26-19-13-17(22(23,24)25)10-11-18(19)15-6-4-3-5-7-15/h3-13,26H,2H2,1H3,(H,27,28). The second-order valence-electron chi connectivity index (χ2n) is 6.71. The molecule has 3 rings (SSSR count). The van der Waals surface area contributed by atoms with Crippen molar-refractivity contribution in [3.8, 4) is 11.1 Å². The van der Waals surface area contributed by atoms with Crippen molar-refractivity contribution in [2.75, 3.05) is 4.72 Å². The number of sulfonamides is 1. The zero-order valence-electron chi connectivity index (χ0n) is 16.3. The van der Waals surface area contributed by atoms with Crippen LogP contribution in [0.4, 0.5) is 18.9 Å². The Morgan fingerprint density at radius 3 is 2.26 bits per heavy atom. The summed E-state index contributed by atoms with van der Waals surface area (Å²) in [5.74, 6) is -1.32. The first kappa shape index (κ1) is 22.4. The molecular weight excluding hydrogens is 431 g/mol. The van der Waals surface area contributed by atoms with E-state index in [1.54, 1.807) is 37.3 Å². The molecule has 3 aromatic rings. The molecule has 0 atom stereocenters. The van der Waals surface area contributed by atoms with Crippen molar-refractivity contribution in [2.45, 2.75) is 24.4 Å². The van der Waals surface area contributed by atoms with Crippen LogP contribution in [0.5, 0.6) is 0 Å². The summed E-state index contributed by atoms with van der Waals surface area (Å²) >= 11 is 0. The number of aromatic carboxylic acids is 1. The number of carboxylic acids is 1. The Hall–Kier alpha value is -3.33. The minimum absolute atomic E-state index is 0.245. The maximum Gasteiger partial charge on any atom is 0.416 e. The number of alkyl halides is 3. The number of rotatable bonds is 6. The van der Waals surface area contributed by atoms with Crippen LogP contribution in [0.25, 0.3) is 11.1 Å². The molecule has 0 aliphatic heterocycles. The Bertz CT molecular complexity index is 1220. The largest absolute Gasteiger partial charge is 0.478 e. The van der Waals surface area contributed by atoms with Crippen LogP contribution < -0.4 is 4.72 Å². The molecule has 162 valence electrons. The third-order valence-electron chi connectivity index (χ3n) is 4.66. The Morgan fingerprint density at radius 1 is 1.00 bits per heavy atom. The Morgan fingerprint density at radius 2 is 1.68 bits per heavy atom. The molecule has 2 N–H and O–H groups in total. The molecule has 5 nitrogen and oxygen atoms in total. The van der Waals surface area contributed by atoms with E-state index in [-0.39, 0.29) is 28.1 Å². The number of aryl methyl sites for hydroxylation is 1. The molecule has 0 radical (unpaired) electrons. The molecule has 0 aliphatic rings. The molecule has 0 unspecified atom stereocenters. The van der Waals surface area contributed by atoms with E-state index in [9.17, 15) is 31.5 Å². The molecule has 0 fully saturated rings. The van der Waals surface area contributed by atoms with E-state index >= 15 is 0 Å². The highest BCUT2D eigenvalue weighted by atomic mass is 32.2. The smallest absolute Gasteiger partial charge is 0.416 e. The van der Waals surface area contributed by atoms with Crippen LogP contribution in [0.1, 0.15) is 28.4 Å². The van der Waals surface area contributed by atoms with Crippen LogP contribution in [0.2, 0.25) is 0 Å². The summed E-state index contributed by atoms with van der Waals surface area (Å²) in [6, 6.07) is 14.8. The second-order valence-corrected chi connectivity index (χ2v) is 8.36. The van der Waals surface area contributed by atoms with E-state index in [2.05, 4.69) is 4.72 Å². The molecule has 0 spiro atoms. The van der Waals surface area contributed by atoms with Gasteiger partial charge in [0.25, 0.3) is 10.0 Å². The number of carboxylic acid groups (broad SMARTS) is 1. The molecule has 0 saturated carbocycles. The fourth-order valence-electron chi connectivity index (χ4n) is 3.10. The van der Waals surface area contributed by atoms with Crippen LogP contribution in [0, 0.1) is 0 Å². The average molecular weight is 449 g/mol. The van der Waals surface area contributed by atoms with Gasteiger partial charge >= 0.3 is 12.1 Å². The number of hydrogen-bond donors (Lipinski definition) is 2. The van der Waals surface area contributed by atoms with Gasteiger partial charge in [-0.25, -0.2) is 13.2 Å². The summed E-state index contributed by atoms with van der Waals surface area (Å²) in [6.07, 6.45) is -4.39. The van der Waals surface area contributed by atoms with Crippen molar-refractivity contribution in [3.63, 3.8) is 0 Å². The molecule has 3 aromatic carbocycles. The fraction of sp³-hybridized carbons (Fsp3) is 0.136. The summed E-state index contributed by atoms with van der Waals surface area (Å²) in [5, 5.41) is 9.21. The van der Waals surface area contributed by atoms with Crippen LogP contribution in [-0.2, 0) is 22.6 Å². The summed E-state index contributed by atoms with van der Waals surface area (Å²) in [7, 11) is -4.39. The van der Waals surface area contributed by atoms with Crippen molar-refractivity contribution >= 4 is 21.7 Å². The van der Waals surface area contributed by atoms with Crippen molar-refractivity contribution in [2.24, 2.45) is 0 Å². The molecule has 0 heterocycles. The quantitative estimate of drug-likeness (QED) is 0.525. The third-order valence-corrected chi connectivity index (χ3v) is 6.11. The molecule has 0 amide bonds. The SMILES string of the molecule is CCc1ccc(C(=O)O)cc1S(=O)(=O)Nc1cc(C(F)(F)F)ccc1-c1ccccc1. The second kappa shape index (κ2) is 8.43. The van der Waals surface area contributed by atoms with Gasteiger partial charge in [-0.1, -0.05) is 49.4 Å². The Labute approximate surface area is 177 Å². The minimum Gasteiger partial charge on any atom is -0.478 e. The zero-order chi connectivity index (χ0) is 22.8. The number of benzene rings is 3. The number of carbonyl (C=O) groups is 1. The zero-order valence-corrected chi connectivity index (χ0v) is 17.1. The predicted octanol–water partition coefficient (Wildman–Crippen LogP) is 5.43. The fourth-order valence-corrected chi connectivity index (χ4v) is 4.51. The number of hydrogen-bond acceptors (Lipinski definition) is 3. The summed E-state index contributed by atoms with van der Waals surface area (Å²) in [6.45, 7) is 1.69. The summed E-state index contributed by atoms with van der Waals surface area (Å²) < 4.78 is 68.3. The molecular formula is C22H18F3NO4S. The van der Waals surface area contributed by atoms with Crippen LogP contribution in [0.3, 0.4) is 0 Å². The van der Waals surface area contributed by atoms with Gasteiger partial charge in [-0.2, -0.15) is 13.2 Å². The van der Waals surface area contributed by atoms with E-state index in [4.69, 9.17) is 0 Å². The first-order chi connectivity index (χ1) is 14.5. The first-order valence-corrected chi connectivity index (χ1v) is 10.7. The van der Waals surface area contributed by atoms with Gasteiger partial charge in [0.1, 0.15) is 0 Å². The molecule has 9 heteroatoms. The van der Waals surface area contributed by atoms with Gasteiger partial charge in [-0.05, 0) is 41.8 Å². The van der Waals surface area contributed by atoms with Gasteiger partial charge < -0.3 is 5.11 Å². The van der Waals surface area contributed by atoms with E-state index in [1.807, 2.05) is 0 Å². The highest BCUT2D eigenvalue weighted by molar-refractivity contribution is 7.92. The lowest BCUT2D eigenvalue weighted by atomic mass is 10.0. The molecule has 0 bridgehead atoms. The van der Waals surface area contributed by atoms with E-state index in [1.165, 1.54) is 18.2 Å². The molecule has 0 saturated heterocycles. The molecule has 0 aromatic heterocycles. The Balaban J connectivity index is 2.17. The predicted molar refractivity (Wildman–Crippen MR) is 110 cm³/mol. The van der Waals surface area contributed by atoms with Crippen LogP contribution in [-0.4, -0.2) is 19.5 Å². The van der Waals surface area contributed by atoms with Crippen LogP contribution >= 0.6 is 0 Å². The van der Waals surface area contributed by atoms with Crippen molar-refractivity contribution in [1.29, 1.82) is 0 Å². The Kier molecular flexibility index (Phi) is 6.08. The van der Waals surface area contributed by atoms with Gasteiger partial charge in [-0.15, -0.1) is 0 Å². The maximum atomic E-state index is 13.3. The highest BCUT2D eigenvalue weighted by Gasteiger charge is 2.32. The number of halogens is 3.